The van der Waals surface area contributed by atoms with E-state index in [0.717, 1.165) is 16.8 Å². The van der Waals surface area contributed by atoms with Crippen molar-refractivity contribution >= 4 is 39.7 Å². The normalized spacial score (nSPS) is 16.8. The topological polar surface area (TPSA) is 93.0 Å². The first-order valence-electron chi connectivity index (χ1n) is 9.51. The second kappa shape index (κ2) is 8.87. The van der Waals surface area contributed by atoms with Crippen molar-refractivity contribution in [3.05, 3.63) is 57.0 Å². The lowest BCUT2D eigenvalue weighted by atomic mass is 9.97. The highest BCUT2D eigenvalue weighted by atomic mass is 35.5. The van der Waals surface area contributed by atoms with Crippen LogP contribution in [0.5, 0.6) is 0 Å². The van der Waals surface area contributed by atoms with Gasteiger partial charge in [0.2, 0.25) is 5.91 Å². The predicted molar refractivity (Wildman–Crippen MR) is 113 cm³/mol. The number of hydrogen-bond acceptors (Lipinski definition) is 7. The van der Waals surface area contributed by atoms with Crippen LogP contribution in [-0.2, 0) is 11.0 Å². The summed E-state index contributed by atoms with van der Waals surface area (Å²) in [6.45, 7) is 0.908. The Labute approximate surface area is 188 Å². The van der Waals surface area contributed by atoms with Crippen molar-refractivity contribution in [2.24, 2.45) is 5.92 Å². The molecule has 0 radical (unpaired) electrons. The van der Waals surface area contributed by atoms with Gasteiger partial charge in [0.25, 0.3) is 5.56 Å². The maximum Gasteiger partial charge on any atom is 0.417 e. The molecule has 0 saturated carbocycles. The molecular formula is C19H16ClF3N6O2S. The van der Waals surface area contributed by atoms with Crippen LogP contribution in [0.15, 0.2) is 40.9 Å². The Kier molecular flexibility index (Phi) is 6.15. The third kappa shape index (κ3) is 4.60. The molecule has 1 amide bonds. The Morgan fingerprint density at radius 2 is 2.06 bits per heavy atom. The highest BCUT2D eigenvalue weighted by molar-refractivity contribution is 7.13. The summed E-state index contributed by atoms with van der Waals surface area (Å²) in [4.78, 5) is 34.8. The van der Waals surface area contributed by atoms with Gasteiger partial charge in [0.15, 0.2) is 10.9 Å². The van der Waals surface area contributed by atoms with E-state index in [9.17, 15) is 22.8 Å². The number of piperidine rings is 1. The van der Waals surface area contributed by atoms with Gasteiger partial charge >= 0.3 is 6.18 Å². The lowest BCUT2D eigenvalue weighted by Gasteiger charge is -2.33. The summed E-state index contributed by atoms with van der Waals surface area (Å²) in [5.41, 5.74) is -1.30. The Morgan fingerprint density at radius 3 is 2.72 bits per heavy atom. The van der Waals surface area contributed by atoms with Gasteiger partial charge in [0, 0.05) is 30.9 Å². The van der Waals surface area contributed by atoms with E-state index in [-0.39, 0.29) is 22.7 Å². The Bertz CT molecular complexity index is 1170. The van der Waals surface area contributed by atoms with Crippen molar-refractivity contribution in [2.75, 3.05) is 23.3 Å². The van der Waals surface area contributed by atoms with E-state index in [2.05, 4.69) is 20.4 Å². The minimum Gasteiger partial charge on any atom is -0.368 e. The van der Waals surface area contributed by atoms with E-state index in [0.29, 0.717) is 42.9 Å². The first-order chi connectivity index (χ1) is 15.2. The van der Waals surface area contributed by atoms with Crippen LogP contribution in [0.25, 0.3) is 5.82 Å². The summed E-state index contributed by atoms with van der Waals surface area (Å²) in [5.74, 6) is -0.588. The molecule has 1 saturated heterocycles. The number of hydrogen-bond donors (Lipinski definition) is 1. The molecule has 0 spiro atoms. The molecule has 32 heavy (non-hydrogen) atoms. The van der Waals surface area contributed by atoms with Crippen molar-refractivity contribution in [1.29, 1.82) is 0 Å². The van der Waals surface area contributed by atoms with Crippen LogP contribution in [0, 0.1) is 5.92 Å². The van der Waals surface area contributed by atoms with Gasteiger partial charge in [0.05, 0.1) is 23.4 Å². The smallest absolute Gasteiger partial charge is 0.368 e. The number of anilines is 2. The van der Waals surface area contributed by atoms with E-state index in [1.807, 2.05) is 0 Å². The van der Waals surface area contributed by atoms with Crippen LogP contribution in [0.2, 0.25) is 5.02 Å². The number of halogens is 4. The minimum atomic E-state index is -4.54. The van der Waals surface area contributed by atoms with Gasteiger partial charge in [-0.3, -0.25) is 9.59 Å². The minimum absolute atomic E-state index is 0.0872. The van der Waals surface area contributed by atoms with E-state index < -0.39 is 17.3 Å². The van der Waals surface area contributed by atoms with Crippen molar-refractivity contribution in [3.8, 4) is 5.82 Å². The zero-order valence-electron chi connectivity index (χ0n) is 16.3. The van der Waals surface area contributed by atoms with Crippen LogP contribution in [0.1, 0.15) is 18.4 Å². The molecular weight excluding hydrogens is 469 g/mol. The Hall–Kier alpha value is -2.99. The number of thiazole rings is 1. The summed E-state index contributed by atoms with van der Waals surface area (Å²) in [5, 5.41) is 8.93. The Balaban J connectivity index is 1.54. The van der Waals surface area contributed by atoms with Crippen LogP contribution in [0.4, 0.5) is 24.0 Å². The molecule has 13 heteroatoms. The number of alkyl halides is 3. The highest BCUT2D eigenvalue weighted by Crippen LogP contribution is 2.30. The van der Waals surface area contributed by atoms with Gasteiger partial charge in [0.1, 0.15) is 5.02 Å². The average molecular weight is 485 g/mol. The van der Waals surface area contributed by atoms with Crippen molar-refractivity contribution in [3.63, 3.8) is 0 Å². The second-order valence-electron chi connectivity index (χ2n) is 7.08. The standard InChI is InChI=1S/C19H16ClF3N6O2S/c20-15-13(28-6-1-2-11(10-28)16(30)27-18-24-5-7-32-18)9-26-29(17(15)31)14-4-3-12(8-25-14)19(21,22)23/h3-5,7-9,11H,1-2,6,10H2,(H,24,27,30). The summed E-state index contributed by atoms with van der Waals surface area (Å²) >= 11 is 7.61. The molecule has 1 N–H and O–H groups in total. The summed E-state index contributed by atoms with van der Waals surface area (Å²) < 4.78 is 39.0. The molecule has 1 atom stereocenters. The fraction of sp³-hybridized carbons (Fsp3) is 0.316. The van der Waals surface area contributed by atoms with Gasteiger partial charge in [-0.15, -0.1) is 11.3 Å². The quantitative estimate of drug-likeness (QED) is 0.608. The summed E-state index contributed by atoms with van der Waals surface area (Å²) in [6.07, 6.45) is 0.411. The molecule has 1 aliphatic rings. The van der Waals surface area contributed by atoms with Crippen LogP contribution in [-0.4, -0.2) is 38.7 Å². The SMILES string of the molecule is O=C(Nc1nccs1)C1CCCN(c2cnn(-c3ccc(C(F)(F)F)cn3)c(=O)c2Cl)C1. The predicted octanol–water partition coefficient (Wildman–Crippen LogP) is 3.61. The molecule has 1 aliphatic heterocycles. The fourth-order valence-corrected chi connectivity index (χ4v) is 4.17. The number of carbonyl (C=O) groups excluding carboxylic acids is 1. The lowest BCUT2D eigenvalue weighted by molar-refractivity contribution is -0.137. The molecule has 3 aromatic rings. The maximum atomic E-state index is 12.7. The van der Waals surface area contributed by atoms with E-state index >= 15 is 0 Å². The molecule has 0 aliphatic carbocycles. The van der Waals surface area contributed by atoms with Crippen molar-refractivity contribution in [1.82, 2.24) is 19.7 Å². The third-order valence-electron chi connectivity index (χ3n) is 4.99. The number of aromatic nitrogens is 4. The average Bonchev–Trinajstić information content (AvgIpc) is 3.28. The van der Waals surface area contributed by atoms with Gasteiger partial charge in [-0.1, -0.05) is 11.6 Å². The third-order valence-corrected chi connectivity index (χ3v) is 6.03. The molecule has 8 nitrogen and oxygen atoms in total. The molecule has 1 fully saturated rings. The van der Waals surface area contributed by atoms with Crippen LogP contribution >= 0.6 is 22.9 Å². The van der Waals surface area contributed by atoms with Gasteiger partial charge < -0.3 is 10.2 Å². The van der Waals surface area contributed by atoms with Crippen LogP contribution in [0.3, 0.4) is 0 Å². The fourth-order valence-electron chi connectivity index (χ4n) is 3.39. The molecule has 4 rings (SSSR count). The van der Waals surface area contributed by atoms with E-state index in [1.165, 1.54) is 17.5 Å². The first-order valence-corrected chi connectivity index (χ1v) is 10.8. The first kappa shape index (κ1) is 22.2. The molecule has 1 unspecified atom stereocenters. The number of amides is 1. The maximum absolute atomic E-state index is 12.7. The van der Waals surface area contributed by atoms with Gasteiger partial charge in [-0.2, -0.15) is 23.0 Å². The number of carbonyl (C=O) groups is 1. The highest BCUT2D eigenvalue weighted by Gasteiger charge is 2.31. The van der Waals surface area contributed by atoms with Crippen LogP contribution < -0.4 is 15.8 Å². The zero-order valence-corrected chi connectivity index (χ0v) is 17.9. The monoisotopic (exact) mass is 484 g/mol. The van der Waals surface area contributed by atoms with Crippen molar-refractivity contribution < 1.29 is 18.0 Å². The molecule has 3 aromatic heterocycles. The number of nitrogens with one attached hydrogen (secondary N) is 1. The largest absolute Gasteiger partial charge is 0.417 e. The summed E-state index contributed by atoms with van der Waals surface area (Å²) in [6, 6.07) is 1.86. The molecule has 0 bridgehead atoms. The van der Waals surface area contributed by atoms with Crippen molar-refractivity contribution in [2.45, 2.75) is 19.0 Å². The number of rotatable bonds is 4. The zero-order chi connectivity index (χ0) is 22.9. The molecule has 168 valence electrons. The Morgan fingerprint density at radius 1 is 1.25 bits per heavy atom. The molecule has 0 aromatic carbocycles. The van der Waals surface area contributed by atoms with Gasteiger partial charge in [-0.25, -0.2) is 9.97 Å². The number of pyridine rings is 1. The second-order valence-corrected chi connectivity index (χ2v) is 8.35. The van der Waals surface area contributed by atoms with Gasteiger partial charge in [-0.05, 0) is 25.0 Å². The van der Waals surface area contributed by atoms with E-state index in [1.54, 1.807) is 16.5 Å². The van der Waals surface area contributed by atoms with E-state index in [4.69, 9.17) is 11.6 Å². The number of nitrogens with zero attached hydrogens (tertiary/aromatic N) is 5. The lowest BCUT2D eigenvalue weighted by Crippen LogP contribution is -2.41. The summed E-state index contributed by atoms with van der Waals surface area (Å²) in [7, 11) is 0. The molecule has 4 heterocycles.